The summed E-state index contributed by atoms with van der Waals surface area (Å²) in [5.41, 5.74) is 1.80. The number of nitrogens with one attached hydrogen (secondary N) is 1. The van der Waals surface area contributed by atoms with Gasteiger partial charge in [0.05, 0.1) is 0 Å². The van der Waals surface area contributed by atoms with Gasteiger partial charge in [-0.1, -0.05) is 19.1 Å². The summed E-state index contributed by atoms with van der Waals surface area (Å²) in [6.45, 7) is 6.25. The fourth-order valence-corrected chi connectivity index (χ4v) is 3.20. The Kier molecular flexibility index (Phi) is 5.04. The molecule has 0 saturated carbocycles. The molecule has 2 atom stereocenters. The normalized spacial score (nSPS) is 21.7. The third-order valence-corrected chi connectivity index (χ3v) is 4.58. The number of benzene rings is 1. The van der Waals surface area contributed by atoms with Crippen molar-refractivity contribution in [2.45, 2.75) is 32.7 Å². The molecule has 0 bridgehead atoms. The van der Waals surface area contributed by atoms with Crippen molar-refractivity contribution in [3.8, 4) is 0 Å². The fraction of sp³-hybridized carbons (Fsp3) is 0.500. The molecule has 24 heavy (non-hydrogen) atoms. The van der Waals surface area contributed by atoms with Crippen LogP contribution >= 0.6 is 0 Å². The summed E-state index contributed by atoms with van der Waals surface area (Å²) in [6.07, 6.45) is 1.67. The quantitative estimate of drug-likeness (QED) is 0.934. The van der Waals surface area contributed by atoms with Gasteiger partial charge in [0.15, 0.2) is 5.82 Å². The molecule has 1 fully saturated rings. The molecule has 1 aromatic heterocycles. The van der Waals surface area contributed by atoms with E-state index in [0.717, 1.165) is 36.6 Å². The summed E-state index contributed by atoms with van der Waals surface area (Å²) in [6, 6.07) is 6.87. The molecule has 2 aromatic rings. The minimum atomic E-state index is -0.231. The first-order valence-corrected chi connectivity index (χ1v) is 8.41. The van der Waals surface area contributed by atoms with E-state index in [1.54, 1.807) is 12.1 Å². The van der Waals surface area contributed by atoms with Crippen LogP contribution in [0.4, 0.5) is 10.2 Å². The van der Waals surface area contributed by atoms with Crippen LogP contribution in [0, 0.1) is 18.7 Å². The van der Waals surface area contributed by atoms with Gasteiger partial charge in [0, 0.05) is 19.0 Å². The van der Waals surface area contributed by atoms with Crippen molar-refractivity contribution in [2.24, 2.45) is 5.92 Å². The Labute approximate surface area is 142 Å². The second-order valence-electron chi connectivity index (χ2n) is 6.74. The van der Waals surface area contributed by atoms with Crippen molar-refractivity contribution >= 4 is 5.82 Å². The molecule has 0 unspecified atom stereocenters. The number of likely N-dealkylation sites (tertiary alicyclic amines) is 1. The van der Waals surface area contributed by atoms with E-state index in [1.165, 1.54) is 12.1 Å². The topological polar surface area (TPSA) is 53.9 Å². The molecule has 0 aliphatic carbocycles. The standard InChI is InChI=1S/C18H24FN5/c1-12-11-24(3)9-8-16(12)21-18-17(23-22-13(2)20-18)10-14-4-6-15(19)7-5-14/h4-7,12,16H,8-11H2,1-3H3,(H,20,21,22)/t12-,16-/m0/s1. The van der Waals surface area contributed by atoms with Gasteiger partial charge in [0.2, 0.25) is 0 Å². The van der Waals surface area contributed by atoms with E-state index >= 15 is 0 Å². The number of hydrogen-bond donors (Lipinski definition) is 1. The van der Waals surface area contributed by atoms with Gasteiger partial charge in [-0.15, -0.1) is 10.2 Å². The minimum Gasteiger partial charge on any atom is -0.365 e. The third kappa shape index (κ3) is 4.06. The predicted molar refractivity (Wildman–Crippen MR) is 92.5 cm³/mol. The summed E-state index contributed by atoms with van der Waals surface area (Å²) in [7, 11) is 2.16. The van der Waals surface area contributed by atoms with Crippen molar-refractivity contribution in [3.05, 3.63) is 47.2 Å². The molecule has 2 heterocycles. The summed E-state index contributed by atoms with van der Waals surface area (Å²) in [5.74, 6) is 1.76. The lowest BCUT2D eigenvalue weighted by Crippen LogP contribution is -2.43. The number of rotatable bonds is 4. The maximum Gasteiger partial charge on any atom is 0.152 e. The molecule has 5 nitrogen and oxygen atoms in total. The average molecular weight is 329 g/mol. The van der Waals surface area contributed by atoms with Gasteiger partial charge in [-0.3, -0.25) is 0 Å². The molecule has 1 aromatic carbocycles. The molecule has 1 saturated heterocycles. The molecular weight excluding hydrogens is 305 g/mol. The van der Waals surface area contributed by atoms with Crippen molar-refractivity contribution in [1.82, 2.24) is 20.1 Å². The number of hydrogen-bond acceptors (Lipinski definition) is 5. The zero-order chi connectivity index (χ0) is 17.1. The lowest BCUT2D eigenvalue weighted by atomic mass is 9.94. The summed E-state index contributed by atoms with van der Waals surface area (Å²) in [5, 5.41) is 12.0. The third-order valence-electron chi connectivity index (χ3n) is 4.58. The van der Waals surface area contributed by atoms with E-state index in [0.29, 0.717) is 24.2 Å². The number of piperidine rings is 1. The van der Waals surface area contributed by atoms with Gasteiger partial charge in [-0.05, 0) is 50.6 Å². The Morgan fingerprint density at radius 2 is 2.00 bits per heavy atom. The van der Waals surface area contributed by atoms with Crippen LogP contribution in [0.1, 0.15) is 30.4 Å². The monoisotopic (exact) mass is 329 g/mol. The van der Waals surface area contributed by atoms with Crippen LogP contribution in [0.25, 0.3) is 0 Å². The Hall–Kier alpha value is -2.08. The highest BCUT2D eigenvalue weighted by Crippen LogP contribution is 2.22. The van der Waals surface area contributed by atoms with E-state index in [9.17, 15) is 4.39 Å². The van der Waals surface area contributed by atoms with Gasteiger partial charge in [0.25, 0.3) is 0 Å². The van der Waals surface area contributed by atoms with Gasteiger partial charge >= 0.3 is 0 Å². The number of halogens is 1. The molecular formula is C18H24FN5. The SMILES string of the molecule is Cc1nnc(Cc2ccc(F)cc2)c(N[C@H]2CCN(C)C[C@@H]2C)n1. The lowest BCUT2D eigenvalue weighted by molar-refractivity contribution is 0.206. The molecule has 3 rings (SSSR count). The van der Waals surface area contributed by atoms with Crippen LogP contribution < -0.4 is 5.32 Å². The van der Waals surface area contributed by atoms with Gasteiger partial charge < -0.3 is 10.2 Å². The molecule has 128 valence electrons. The Balaban J connectivity index is 1.79. The molecule has 6 heteroatoms. The number of anilines is 1. The van der Waals surface area contributed by atoms with E-state index in [4.69, 9.17) is 0 Å². The van der Waals surface area contributed by atoms with Gasteiger partial charge in [-0.2, -0.15) is 0 Å². The van der Waals surface area contributed by atoms with Crippen molar-refractivity contribution in [3.63, 3.8) is 0 Å². The van der Waals surface area contributed by atoms with Crippen LogP contribution in [0.3, 0.4) is 0 Å². The highest BCUT2D eigenvalue weighted by Gasteiger charge is 2.25. The summed E-state index contributed by atoms with van der Waals surface area (Å²) in [4.78, 5) is 6.91. The zero-order valence-corrected chi connectivity index (χ0v) is 14.5. The first kappa shape index (κ1) is 16.8. The zero-order valence-electron chi connectivity index (χ0n) is 14.5. The van der Waals surface area contributed by atoms with Crippen LogP contribution in [-0.4, -0.2) is 46.3 Å². The molecule has 1 N–H and O–H groups in total. The highest BCUT2D eigenvalue weighted by molar-refractivity contribution is 5.43. The minimum absolute atomic E-state index is 0.231. The largest absolute Gasteiger partial charge is 0.365 e. The Morgan fingerprint density at radius 3 is 2.71 bits per heavy atom. The lowest BCUT2D eigenvalue weighted by Gasteiger charge is -2.35. The Bertz CT molecular complexity index is 688. The number of nitrogens with zero attached hydrogens (tertiary/aromatic N) is 4. The highest BCUT2D eigenvalue weighted by atomic mass is 19.1. The van der Waals surface area contributed by atoms with Crippen LogP contribution in [0.15, 0.2) is 24.3 Å². The maximum absolute atomic E-state index is 13.1. The second kappa shape index (κ2) is 7.21. The molecule has 0 radical (unpaired) electrons. The molecule has 0 amide bonds. The number of aryl methyl sites for hydroxylation is 1. The Morgan fingerprint density at radius 1 is 1.25 bits per heavy atom. The average Bonchev–Trinajstić information content (AvgIpc) is 2.54. The van der Waals surface area contributed by atoms with E-state index in [2.05, 4.69) is 39.4 Å². The van der Waals surface area contributed by atoms with E-state index < -0.39 is 0 Å². The first-order chi connectivity index (χ1) is 11.5. The van der Waals surface area contributed by atoms with Crippen LogP contribution in [0.5, 0.6) is 0 Å². The van der Waals surface area contributed by atoms with E-state index in [-0.39, 0.29) is 5.82 Å². The van der Waals surface area contributed by atoms with Crippen molar-refractivity contribution < 1.29 is 4.39 Å². The van der Waals surface area contributed by atoms with Gasteiger partial charge in [0.1, 0.15) is 17.3 Å². The smallest absolute Gasteiger partial charge is 0.152 e. The van der Waals surface area contributed by atoms with E-state index in [1.807, 2.05) is 6.92 Å². The van der Waals surface area contributed by atoms with Crippen molar-refractivity contribution in [1.29, 1.82) is 0 Å². The van der Waals surface area contributed by atoms with Gasteiger partial charge in [-0.25, -0.2) is 9.37 Å². The molecule has 0 spiro atoms. The summed E-state index contributed by atoms with van der Waals surface area (Å²) >= 11 is 0. The molecule has 1 aliphatic heterocycles. The summed E-state index contributed by atoms with van der Waals surface area (Å²) < 4.78 is 13.1. The van der Waals surface area contributed by atoms with Crippen LogP contribution in [-0.2, 0) is 6.42 Å². The van der Waals surface area contributed by atoms with Crippen LogP contribution in [0.2, 0.25) is 0 Å². The molecule has 1 aliphatic rings. The first-order valence-electron chi connectivity index (χ1n) is 8.41. The van der Waals surface area contributed by atoms with Crippen molar-refractivity contribution in [2.75, 3.05) is 25.5 Å². The fourth-order valence-electron chi connectivity index (χ4n) is 3.20. The maximum atomic E-state index is 13.1. The second-order valence-corrected chi connectivity index (χ2v) is 6.74. The predicted octanol–water partition coefficient (Wildman–Crippen LogP) is 2.66. The number of aromatic nitrogens is 3.